The minimum atomic E-state index is -0.265. The maximum absolute atomic E-state index is 11.7. The zero-order valence-electron chi connectivity index (χ0n) is 13.4. The Hall–Kier alpha value is -2.53. The van der Waals surface area contributed by atoms with Gasteiger partial charge in [0.2, 0.25) is 0 Å². The van der Waals surface area contributed by atoms with Crippen molar-refractivity contribution in [2.75, 3.05) is 13.2 Å². The second-order valence-electron chi connectivity index (χ2n) is 4.88. The highest BCUT2D eigenvalue weighted by molar-refractivity contribution is 6.31. The van der Waals surface area contributed by atoms with Crippen LogP contribution in [-0.4, -0.2) is 25.3 Å². The number of carbonyl (C=O) groups excluding carboxylic acids is 1. The third-order valence-corrected chi connectivity index (χ3v) is 3.47. The maximum atomic E-state index is 11.7. The van der Waals surface area contributed by atoms with Gasteiger partial charge in [-0.05, 0) is 48.4 Å². The molecule has 0 bridgehead atoms. The van der Waals surface area contributed by atoms with E-state index in [0.717, 1.165) is 16.9 Å². The molecule has 0 spiro atoms. The lowest BCUT2D eigenvalue weighted by atomic mass is 10.2. The Balaban J connectivity index is 1.71. The lowest BCUT2D eigenvalue weighted by Crippen LogP contribution is -2.26. The maximum Gasteiger partial charge on any atom is 0.261 e. The van der Waals surface area contributed by atoms with E-state index < -0.39 is 0 Å². The predicted octanol–water partition coefficient (Wildman–Crippen LogP) is 3.41. The van der Waals surface area contributed by atoms with Crippen molar-refractivity contribution < 1.29 is 14.4 Å². The summed E-state index contributed by atoms with van der Waals surface area (Å²) in [6.07, 6.45) is 1.54. The summed E-state index contributed by atoms with van der Waals surface area (Å²) in [5.41, 5.74) is 1.71. The zero-order chi connectivity index (χ0) is 17.2. The van der Waals surface area contributed by atoms with Gasteiger partial charge in [0.05, 0.1) is 12.8 Å². The molecule has 0 heterocycles. The minimum absolute atomic E-state index is 0.155. The summed E-state index contributed by atoms with van der Waals surface area (Å²) in [7, 11) is 0. The number of oxime groups is 1. The van der Waals surface area contributed by atoms with Crippen LogP contribution in [0.4, 0.5) is 0 Å². The summed E-state index contributed by atoms with van der Waals surface area (Å²) in [5.74, 6) is 0.535. The number of benzene rings is 2. The largest absolute Gasteiger partial charge is 0.494 e. The average Bonchev–Trinajstić information content (AvgIpc) is 2.60. The van der Waals surface area contributed by atoms with Crippen LogP contribution in [0.1, 0.15) is 18.1 Å². The SMILES string of the molecule is CCOc1ccc(/C=N\OCC(=O)NCc2ccccc2Cl)cc1. The number of amides is 1. The molecule has 1 amide bonds. The van der Waals surface area contributed by atoms with Crippen molar-refractivity contribution in [1.29, 1.82) is 0 Å². The van der Waals surface area contributed by atoms with Gasteiger partial charge in [-0.1, -0.05) is 35.0 Å². The van der Waals surface area contributed by atoms with Crippen LogP contribution in [-0.2, 0) is 16.2 Å². The Labute approximate surface area is 146 Å². The molecule has 2 aromatic carbocycles. The highest BCUT2D eigenvalue weighted by atomic mass is 35.5. The first-order valence-electron chi connectivity index (χ1n) is 7.57. The van der Waals surface area contributed by atoms with Gasteiger partial charge in [0.25, 0.3) is 5.91 Å². The summed E-state index contributed by atoms with van der Waals surface area (Å²) in [6.45, 7) is 2.75. The first kappa shape index (κ1) is 17.8. The molecular weight excluding hydrogens is 328 g/mol. The van der Waals surface area contributed by atoms with Crippen LogP contribution in [0.2, 0.25) is 5.02 Å². The molecule has 0 saturated carbocycles. The molecule has 1 N–H and O–H groups in total. The van der Waals surface area contributed by atoms with Crippen molar-refractivity contribution in [3.63, 3.8) is 0 Å². The molecule has 0 aliphatic rings. The normalized spacial score (nSPS) is 10.6. The van der Waals surface area contributed by atoms with Gasteiger partial charge in [-0.25, -0.2) is 0 Å². The number of rotatable bonds is 8. The number of ether oxygens (including phenoxy) is 1. The number of hydrogen-bond donors (Lipinski definition) is 1. The molecule has 2 rings (SSSR count). The smallest absolute Gasteiger partial charge is 0.261 e. The standard InChI is InChI=1S/C18H19ClN2O3/c1-2-23-16-9-7-14(8-10-16)11-21-24-13-18(22)20-12-15-5-3-4-6-17(15)19/h3-11H,2,12-13H2,1H3,(H,20,22)/b21-11-. The Kier molecular flexibility index (Phi) is 7.11. The van der Waals surface area contributed by atoms with E-state index in [1.54, 1.807) is 6.07 Å². The summed E-state index contributed by atoms with van der Waals surface area (Å²) < 4.78 is 5.35. The van der Waals surface area contributed by atoms with Crippen molar-refractivity contribution >= 4 is 23.7 Å². The Bertz CT molecular complexity index is 687. The quantitative estimate of drug-likeness (QED) is 0.588. The first-order valence-corrected chi connectivity index (χ1v) is 7.95. The van der Waals surface area contributed by atoms with Gasteiger partial charge in [-0.2, -0.15) is 0 Å². The summed E-state index contributed by atoms with van der Waals surface area (Å²) in [4.78, 5) is 16.7. The van der Waals surface area contributed by atoms with Crippen LogP contribution in [0.3, 0.4) is 0 Å². The van der Waals surface area contributed by atoms with E-state index in [2.05, 4.69) is 10.5 Å². The molecule has 2 aromatic rings. The third kappa shape index (κ3) is 5.93. The number of carbonyl (C=O) groups is 1. The van der Waals surface area contributed by atoms with Crippen molar-refractivity contribution in [2.45, 2.75) is 13.5 Å². The molecule has 0 radical (unpaired) electrons. The lowest BCUT2D eigenvalue weighted by molar-refractivity contribution is -0.125. The van der Waals surface area contributed by atoms with Crippen LogP contribution in [0, 0.1) is 0 Å². The molecule has 0 saturated heterocycles. The van der Waals surface area contributed by atoms with Gasteiger partial charge < -0.3 is 14.9 Å². The number of halogens is 1. The van der Waals surface area contributed by atoms with Crippen molar-refractivity contribution in [1.82, 2.24) is 5.32 Å². The fourth-order valence-corrected chi connectivity index (χ4v) is 2.10. The average molecular weight is 347 g/mol. The van der Waals surface area contributed by atoms with E-state index in [-0.39, 0.29) is 12.5 Å². The molecule has 126 valence electrons. The molecule has 5 nitrogen and oxygen atoms in total. The van der Waals surface area contributed by atoms with Crippen LogP contribution < -0.4 is 10.1 Å². The molecule has 6 heteroatoms. The molecule has 0 aliphatic heterocycles. The fourth-order valence-electron chi connectivity index (χ4n) is 1.90. The molecule has 0 unspecified atom stereocenters. The van der Waals surface area contributed by atoms with Gasteiger partial charge in [0.15, 0.2) is 6.61 Å². The Morgan fingerprint density at radius 2 is 1.96 bits per heavy atom. The van der Waals surface area contributed by atoms with E-state index in [9.17, 15) is 4.79 Å². The third-order valence-electron chi connectivity index (χ3n) is 3.10. The zero-order valence-corrected chi connectivity index (χ0v) is 14.1. The van der Waals surface area contributed by atoms with Crippen LogP contribution in [0.25, 0.3) is 0 Å². The Morgan fingerprint density at radius 1 is 1.21 bits per heavy atom. The highest BCUT2D eigenvalue weighted by Crippen LogP contribution is 2.14. The van der Waals surface area contributed by atoms with E-state index in [0.29, 0.717) is 18.2 Å². The monoisotopic (exact) mass is 346 g/mol. The van der Waals surface area contributed by atoms with E-state index in [1.807, 2.05) is 49.4 Å². The van der Waals surface area contributed by atoms with Crippen LogP contribution in [0.5, 0.6) is 5.75 Å². The number of hydrogen-bond acceptors (Lipinski definition) is 4. The summed E-state index contributed by atoms with van der Waals surface area (Å²) in [6, 6.07) is 14.7. The van der Waals surface area contributed by atoms with Gasteiger partial charge in [-0.3, -0.25) is 4.79 Å². The van der Waals surface area contributed by atoms with E-state index >= 15 is 0 Å². The number of nitrogens with zero attached hydrogens (tertiary/aromatic N) is 1. The first-order chi connectivity index (χ1) is 11.7. The van der Waals surface area contributed by atoms with Crippen molar-refractivity contribution in [3.05, 3.63) is 64.7 Å². The van der Waals surface area contributed by atoms with Gasteiger partial charge >= 0.3 is 0 Å². The molecule has 24 heavy (non-hydrogen) atoms. The lowest BCUT2D eigenvalue weighted by Gasteiger charge is -2.06. The van der Waals surface area contributed by atoms with E-state index in [1.165, 1.54) is 6.21 Å². The second-order valence-corrected chi connectivity index (χ2v) is 5.29. The van der Waals surface area contributed by atoms with Crippen molar-refractivity contribution in [3.8, 4) is 5.75 Å². The highest BCUT2D eigenvalue weighted by Gasteiger charge is 2.03. The molecule has 0 fully saturated rings. The van der Waals surface area contributed by atoms with Crippen molar-refractivity contribution in [2.24, 2.45) is 5.16 Å². The van der Waals surface area contributed by atoms with Gasteiger partial charge in [0.1, 0.15) is 5.75 Å². The molecule has 0 aliphatic carbocycles. The molecule has 0 atom stereocenters. The van der Waals surface area contributed by atoms with E-state index in [4.69, 9.17) is 21.2 Å². The summed E-state index contributed by atoms with van der Waals surface area (Å²) in [5, 5.41) is 7.12. The van der Waals surface area contributed by atoms with Gasteiger partial charge in [-0.15, -0.1) is 0 Å². The Morgan fingerprint density at radius 3 is 2.67 bits per heavy atom. The van der Waals surface area contributed by atoms with Gasteiger partial charge in [0, 0.05) is 11.6 Å². The topological polar surface area (TPSA) is 59.9 Å². The van der Waals surface area contributed by atoms with Crippen LogP contribution >= 0.6 is 11.6 Å². The summed E-state index contributed by atoms with van der Waals surface area (Å²) >= 11 is 6.02. The molecule has 0 aromatic heterocycles. The minimum Gasteiger partial charge on any atom is -0.494 e. The second kappa shape index (κ2) is 9.57. The fraction of sp³-hybridized carbons (Fsp3) is 0.222. The predicted molar refractivity (Wildman–Crippen MR) is 94.5 cm³/mol. The molecular formula is C18H19ClN2O3. The number of nitrogens with one attached hydrogen (secondary N) is 1. The van der Waals surface area contributed by atoms with Crippen LogP contribution in [0.15, 0.2) is 53.7 Å².